The number of rotatable bonds is 3. The average Bonchev–Trinajstić information content (AvgIpc) is 3.19. The molecule has 4 rings (SSSR count). The van der Waals surface area contributed by atoms with Crippen LogP contribution in [0.5, 0.6) is 0 Å². The van der Waals surface area contributed by atoms with Crippen LogP contribution in [-0.2, 0) is 29.0 Å². The van der Waals surface area contributed by atoms with Crippen molar-refractivity contribution < 1.29 is 9.59 Å². The van der Waals surface area contributed by atoms with Crippen molar-refractivity contribution in [3.8, 4) is 0 Å². The summed E-state index contributed by atoms with van der Waals surface area (Å²) in [4.78, 5) is 37.7. The van der Waals surface area contributed by atoms with Crippen LogP contribution < -0.4 is 0 Å². The number of aromatic nitrogens is 2. The van der Waals surface area contributed by atoms with Gasteiger partial charge in [-0.15, -0.1) is 0 Å². The molecule has 28 heavy (non-hydrogen) atoms. The molecule has 0 bridgehead atoms. The van der Waals surface area contributed by atoms with E-state index in [1.54, 1.807) is 6.92 Å². The number of amides is 2. The van der Waals surface area contributed by atoms with Crippen LogP contribution in [0, 0.1) is 6.92 Å². The molecule has 0 unspecified atom stereocenters. The summed E-state index contributed by atoms with van der Waals surface area (Å²) in [6, 6.07) is 8.08. The number of hydrogen-bond donors (Lipinski definition) is 0. The van der Waals surface area contributed by atoms with E-state index in [9.17, 15) is 9.59 Å². The second-order valence-corrected chi connectivity index (χ2v) is 7.80. The van der Waals surface area contributed by atoms with E-state index in [4.69, 9.17) is 4.98 Å². The highest BCUT2D eigenvalue weighted by Crippen LogP contribution is 2.31. The molecule has 0 N–H and O–H groups in total. The Kier molecular flexibility index (Phi) is 5.11. The van der Waals surface area contributed by atoms with Crippen molar-refractivity contribution >= 4 is 11.8 Å². The first-order chi connectivity index (χ1) is 13.5. The number of carbonyl (C=O) groups is 2. The Bertz CT molecular complexity index is 894. The van der Waals surface area contributed by atoms with Gasteiger partial charge in [-0.25, -0.2) is 9.97 Å². The van der Waals surface area contributed by atoms with Gasteiger partial charge in [-0.2, -0.15) is 0 Å². The van der Waals surface area contributed by atoms with E-state index in [0.29, 0.717) is 19.5 Å². The highest BCUT2D eigenvalue weighted by molar-refractivity contribution is 5.79. The Morgan fingerprint density at radius 1 is 1.18 bits per heavy atom. The molecular weight excluding hydrogens is 352 g/mol. The van der Waals surface area contributed by atoms with E-state index in [1.807, 2.05) is 47.2 Å². The number of hydrogen-bond acceptors (Lipinski definition) is 4. The molecule has 146 valence electrons. The van der Waals surface area contributed by atoms with Gasteiger partial charge >= 0.3 is 0 Å². The third kappa shape index (κ3) is 3.77. The van der Waals surface area contributed by atoms with Gasteiger partial charge in [0.15, 0.2) is 5.82 Å². The zero-order valence-corrected chi connectivity index (χ0v) is 16.5. The van der Waals surface area contributed by atoms with E-state index in [1.165, 1.54) is 5.56 Å². The Balaban J connectivity index is 1.50. The summed E-state index contributed by atoms with van der Waals surface area (Å²) in [7, 11) is 0. The molecule has 6 heteroatoms. The summed E-state index contributed by atoms with van der Waals surface area (Å²) < 4.78 is 0. The zero-order valence-electron chi connectivity index (χ0n) is 16.5. The normalized spacial score (nSPS) is 18.9. The predicted molar refractivity (Wildman–Crippen MR) is 105 cm³/mol. The smallest absolute Gasteiger partial charge is 0.227 e. The van der Waals surface area contributed by atoms with Gasteiger partial charge < -0.3 is 9.80 Å². The second kappa shape index (κ2) is 7.70. The summed E-state index contributed by atoms with van der Waals surface area (Å²) in [6.07, 6.45) is 4.87. The molecule has 0 saturated carbocycles. The molecule has 1 aromatic carbocycles. The van der Waals surface area contributed by atoms with Crippen LogP contribution >= 0.6 is 0 Å². The van der Waals surface area contributed by atoms with E-state index in [-0.39, 0.29) is 17.9 Å². The number of fused-ring (bicyclic) bond motifs is 1. The van der Waals surface area contributed by atoms with Crippen molar-refractivity contribution in [1.29, 1.82) is 0 Å². The largest absolute Gasteiger partial charge is 0.338 e. The highest BCUT2D eigenvalue weighted by atomic mass is 16.2. The lowest BCUT2D eigenvalue weighted by Crippen LogP contribution is -2.36. The fourth-order valence-corrected chi connectivity index (χ4v) is 4.08. The first kappa shape index (κ1) is 18.6. The Morgan fingerprint density at radius 2 is 1.96 bits per heavy atom. The molecule has 2 aliphatic rings. The zero-order chi connectivity index (χ0) is 19.7. The van der Waals surface area contributed by atoms with Crippen LogP contribution in [0.15, 0.2) is 30.5 Å². The number of benzene rings is 1. The molecule has 1 saturated heterocycles. The topological polar surface area (TPSA) is 66.4 Å². The predicted octanol–water partition coefficient (Wildman–Crippen LogP) is 2.60. The molecule has 2 aliphatic heterocycles. The summed E-state index contributed by atoms with van der Waals surface area (Å²) in [6.45, 7) is 5.67. The maximum Gasteiger partial charge on any atom is 0.227 e. The quantitative estimate of drug-likeness (QED) is 0.823. The van der Waals surface area contributed by atoms with Gasteiger partial charge in [0.2, 0.25) is 11.8 Å². The number of nitrogens with zero attached hydrogens (tertiary/aromatic N) is 4. The highest BCUT2D eigenvalue weighted by Gasteiger charge is 2.32. The molecule has 1 aromatic heterocycles. The number of carbonyl (C=O) groups excluding carboxylic acids is 2. The average molecular weight is 378 g/mol. The third-order valence-electron chi connectivity index (χ3n) is 5.75. The monoisotopic (exact) mass is 378 g/mol. The minimum absolute atomic E-state index is 0.0471. The van der Waals surface area contributed by atoms with Crippen molar-refractivity contribution in [2.75, 3.05) is 13.1 Å². The van der Waals surface area contributed by atoms with Crippen molar-refractivity contribution in [3.63, 3.8) is 0 Å². The molecule has 6 nitrogen and oxygen atoms in total. The van der Waals surface area contributed by atoms with Crippen molar-refractivity contribution in [3.05, 3.63) is 58.7 Å². The van der Waals surface area contributed by atoms with Crippen LogP contribution in [0.2, 0.25) is 0 Å². The Hall–Kier alpha value is -2.76. The fourth-order valence-electron chi connectivity index (χ4n) is 4.08. The van der Waals surface area contributed by atoms with E-state index in [2.05, 4.69) is 4.98 Å². The standard InChI is InChI=1S/C22H26N4O2/c1-15-5-7-17(8-6-15)12-21(28)26-10-3-4-20(26)22-23-13-18-14-25(16(2)27)11-9-19(18)24-22/h5-8,13,20H,3-4,9-12,14H2,1-2H3/t20-/m1/s1. The lowest BCUT2D eigenvalue weighted by atomic mass is 10.1. The first-order valence-corrected chi connectivity index (χ1v) is 9.96. The summed E-state index contributed by atoms with van der Waals surface area (Å²) in [5, 5.41) is 0. The van der Waals surface area contributed by atoms with Gasteiger partial charge in [0, 0.05) is 44.7 Å². The van der Waals surface area contributed by atoms with Gasteiger partial charge in [-0.05, 0) is 25.3 Å². The molecule has 2 amide bonds. The van der Waals surface area contributed by atoms with Crippen molar-refractivity contribution in [2.24, 2.45) is 0 Å². The molecule has 0 radical (unpaired) electrons. The van der Waals surface area contributed by atoms with Crippen molar-refractivity contribution in [1.82, 2.24) is 19.8 Å². The maximum atomic E-state index is 12.9. The van der Waals surface area contributed by atoms with Gasteiger partial charge in [0.1, 0.15) is 0 Å². The second-order valence-electron chi connectivity index (χ2n) is 7.80. The SMILES string of the molecule is CC(=O)N1CCc2nc([C@H]3CCCN3C(=O)Cc3ccc(C)cc3)ncc2C1. The van der Waals surface area contributed by atoms with Crippen molar-refractivity contribution in [2.45, 2.75) is 52.1 Å². The van der Waals surface area contributed by atoms with Crippen LogP contribution in [0.4, 0.5) is 0 Å². The molecular formula is C22H26N4O2. The molecule has 1 fully saturated rings. The van der Waals surface area contributed by atoms with Crippen LogP contribution in [-0.4, -0.2) is 44.7 Å². The van der Waals surface area contributed by atoms with Crippen LogP contribution in [0.3, 0.4) is 0 Å². The van der Waals surface area contributed by atoms with Crippen LogP contribution in [0.1, 0.15) is 54.0 Å². The third-order valence-corrected chi connectivity index (χ3v) is 5.75. The Labute approximate surface area is 165 Å². The fraction of sp³-hybridized carbons (Fsp3) is 0.455. The molecule has 0 spiro atoms. The lowest BCUT2D eigenvalue weighted by molar-refractivity contribution is -0.132. The van der Waals surface area contributed by atoms with Gasteiger partial charge in [0.25, 0.3) is 0 Å². The van der Waals surface area contributed by atoms with E-state index >= 15 is 0 Å². The number of aryl methyl sites for hydroxylation is 1. The lowest BCUT2D eigenvalue weighted by Gasteiger charge is -2.28. The van der Waals surface area contributed by atoms with E-state index in [0.717, 1.165) is 48.5 Å². The Morgan fingerprint density at radius 3 is 2.71 bits per heavy atom. The van der Waals surface area contributed by atoms with E-state index < -0.39 is 0 Å². The summed E-state index contributed by atoms with van der Waals surface area (Å²) in [5.41, 5.74) is 4.26. The molecule has 3 heterocycles. The molecule has 1 atom stereocenters. The van der Waals surface area contributed by atoms with Gasteiger partial charge in [-0.3, -0.25) is 9.59 Å². The van der Waals surface area contributed by atoms with Crippen LogP contribution in [0.25, 0.3) is 0 Å². The molecule has 2 aromatic rings. The first-order valence-electron chi connectivity index (χ1n) is 9.96. The summed E-state index contributed by atoms with van der Waals surface area (Å²) in [5.74, 6) is 0.957. The minimum Gasteiger partial charge on any atom is -0.338 e. The van der Waals surface area contributed by atoms with Gasteiger partial charge in [0.05, 0.1) is 18.2 Å². The minimum atomic E-state index is -0.0471. The van der Waals surface area contributed by atoms with Gasteiger partial charge in [-0.1, -0.05) is 29.8 Å². The molecule has 0 aliphatic carbocycles. The maximum absolute atomic E-state index is 12.9. The summed E-state index contributed by atoms with van der Waals surface area (Å²) >= 11 is 0. The number of likely N-dealkylation sites (tertiary alicyclic amines) is 1.